The van der Waals surface area contributed by atoms with Crippen molar-refractivity contribution in [1.82, 2.24) is 4.98 Å². The lowest BCUT2D eigenvalue weighted by Crippen LogP contribution is -2.32. The van der Waals surface area contributed by atoms with E-state index in [1.807, 2.05) is 47.3 Å². The number of aromatic amines is 1. The van der Waals surface area contributed by atoms with Crippen LogP contribution in [-0.2, 0) is 19.0 Å². The van der Waals surface area contributed by atoms with Crippen molar-refractivity contribution in [3.63, 3.8) is 0 Å². The molecule has 8 heteroatoms. The molecule has 3 N–H and O–H groups in total. The SMILES string of the molecule is N/C([S-])=N/N=Cc1sc(=O)[nH]c1-[n+]1ccc(Cc2ccccc2)cc1. The molecule has 0 aliphatic carbocycles. The third-order valence-corrected chi connectivity index (χ3v) is 4.28. The Kier molecular flexibility index (Phi) is 5.32. The summed E-state index contributed by atoms with van der Waals surface area (Å²) in [6, 6.07) is 14.3. The average Bonchev–Trinajstić information content (AvgIpc) is 2.97. The second-order valence-electron chi connectivity index (χ2n) is 5.19. The quantitative estimate of drug-likeness (QED) is 0.235. The molecule has 0 aliphatic heterocycles. The molecule has 2 aromatic heterocycles. The van der Waals surface area contributed by atoms with Crippen molar-refractivity contribution in [2.45, 2.75) is 6.42 Å². The maximum atomic E-state index is 11.7. The molecule has 0 saturated heterocycles. The van der Waals surface area contributed by atoms with Crippen LogP contribution in [0.2, 0.25) is 0 Å². The van der Waals surface area contributed by atoms with Gasteiger partial charge in [0.25, 0.3) is 0 Å². The van der Waals surface area contributed by atoms with Gasteiger partial charge in [0, 0.05) is 0 Å². The number of nitrogens with two attached hydrogens (primary N) is 1. The molecule has 3 aromatic rings. The van der Waals surface area contributed by atoms with E-state index in [1.165, 1.54) is 17.3 Å². The smallest absolute Gasteiger partial charge is 0.390 e. The van der Waals surface area contributed by atoms with E-state index in [9.17, 15) is 4.79 Å². The van der Waals surface area contributed by atoms with Gasteiger partial charge in [-0.1, -0.05) is 30.3 Å². The van der Waals surface area contributed by atoms with Crippen LogP contribution in [0.1, 0.15) is 16.0 Å². The van der Waals surface area contributed by atoms with Gasteiger partial charge in [-0.25, -0.2) is 9.36 Å². The molecule has 0 bridgehead atoms. The highest BCUT2D eigenvalue weighted by Gasteiger charge is 2.16. The molecule has 6 nitrogen and oxygen atoms in total. The van der Waals surface area contributed by atoms with Gasteiger partial charge in [-0.3, -0.25) is 0 Å². The van der Waals surface area contributed by atoms with Crippen LogP contribution in [0.5, 0.6) is 0 Å². The highest BCUT2D eigenvalue weighted by molar-refractivity contribution is 7.77. The summed E-state index contributed by atoms with van der Waals surface area (Å²) >= 11 is 5.68. The molecule has 3 rings (SSSR count). The minimum Gasteiger partial charge on any atom is -0.741 e. The Morgan fingerprint density at radius 1 is 1.20 bits per heavy atom. The number of hydrogen-bond donors (Lipinski definition) is 2. The standard InChI is InChI=1S/C17H15N5OS2/c18-16(24)21-19-11-14-15(20-17(23)25-14)22-8-6-13(7-9-22)10-12-4-2-1-3-5-12/h1-9,11H,10H2,(H3-,18,19,20,21,23,24). The highest BCUT2D eigenvalue weighted by atomic mass is 32.1. The van der Waals surface area contributed by atoms with E-state index < -0.39 is 0 Å². The lowest BCUT2D eigenvalue weighted by Gasteiger charge is -2.02. The Bertz CT molecular complexity index is 955. The Hall–Kier alpha value is -2.84. The molecule has 0 spiro atoms. The van der Waals surface area contributed by atoms with Crippen LogP contribution >= 0.6 is 11.3 Å². The lowest BCUT2D eigenvalue weighted by atomic mass is 10.1. The van der Waals surface area contributed by atoms with Gasteiger partial charge in [0.2, 0.25) is 0 Å². The van der Waals surface area contributed by atoms with E-state index in [-0.39, 0.29) is 10.0 Å². The molecule has 0 amide bonds. The van der Waals surface area contributed by atoms with E-state index in [2.05, 4.69) is 39.9 Å². The Morgan fingerprint density at radius 3 is 2.56 bits per heavy atom. The minimum absolute atomic E-state index is 0.0569. The van der Waals surface area contributed by atoms with Gasteiger partial charge in [0.05, 0.1) is 18.6 Å². The topological polar surface area (TPSA) is 87.5 Å². The summed E-state index contributed by atoms with van der Waals surface area (Å²) < 4.78 is 1.83. The first-order valence-electron chi connectivity index (χ1n) is 7.43. The average molecular weight is 369 g/mol. The van der Waals surface area contributed by atoms with Gasteiger partial charge in [-0.2, -0.15) is 15.2 Å². The van der Waals surface area contributed by atoms with E-state index >= 15 is 0 Å². The summed E-state index contributed by atoms with van der Waals surface area (Å²) in [4.78, 5) is 15.0. The zero-order valence-electron chi connectivity index (χ0n) is 13.1. The summed E-state index contributed by atoms with van der Waals surface area (Å²) in [5.74, 6) is 0.628. The number of pyridine rings is 1. The molecular weight excluding hydrogens is 354 g/mol. The third-order valence-electron chi connectivity index (χ3n) is 3.40. The fourth-order valence-corrected chi connectivity index (χ4v) is 3.05. The number of aromatic nitrogens is 2. The van der Waals surface area contributed by atoms with Crippen molar-refractivity contribution < 1.29 is 4.57 Å². The van der Waals surface area contributed by atoms with Crippen LogP contribution in [0, 0.1) is 0 Å². The second kappa shape index (κ2) is 7.82. The Labute approximate surface area is 153 Å². The molecular formula is C17H15N5OS2. The van der Waals surface area contributed by atoms with Gasteiger partial charge in [-0.05, 0) is 46.2 Å². The third kappa shape index (κ3) is 4.59. The Morgan fingerprint density at radius 2 is 1.88 bits per heavy atom. The van der Waals surface area contributed by atoms with E-state index in [4.69, 9.17) is 5.73 Å². The maximum absolute atomic E-state index is 11.7. The van der Waals surface area contributed by atoms with Crippen molar-refractivity contribution in [1.29, 1.82) is 0 Å². The molecule has 0 aliphatic rings. The maximum Gasteiger partial charge on any atom is 0.390 e. The zero-order chi connectivity index (χ0) is 17.6. The Balaban J connectivity index is 1.84. The van der Waals surface area contributed by atoms with Crippen molar-refractivity contribution in [2.24, 2.45) is 15.9 Å². The van der Waals surface area contributed by atoms with Crippen molar-refractivity contribution >= 4 is 35.3 Å². The van der Waals surface area contributed by atoms with Crippen molar-refractivity contribution in [3.05, 3.63) is 80.5 Å². The molecule has 126 valence electrons. The van der Waals surface area contributed by atoms with Gasteiger partial charge < -0.3 is 18.4 Å². The number of thiazole rings is 1. The molecule has 0 atom stereocenters. The summed E-state index contributed by atoms with van der Waals surface area (Å²) in [6.07, 6.45) is 6.11. The molecule has 0 radical (unpaired) electrons. The van der Waals surface area contributed by atoms with Crippen LogP contribution in [0.3, 0.4) is 0 Å². The zero-order valence-corrected chi connectivity index (χ0v) is 14.8. The first kappa shape index (κ1) is 17.0. The highest BCUT2D eigenvalue weighted by Crippen LogP contribution is 2.10. The second-order valence-corrected chi connectivity index (χ2v) is 6.62. The van der Waals surface area contributed by atoms with E-state index in [1.54, 1.807) is 0 Å². The van der Waals surface area contributed by atoms with Crippen LogP contribution in [0.4, 0.5) is 0 Å². The number of H-pyrrole nitrogens is 1. The van der Waals surface area contributed by atoms with Gasteiger partial charge in [0.15, 0.2) is 0 Å². The summed E-state index contributed by atoms with van der Waals surface area (Å²) in [7, 11) is 0. The van der Waals surface area contributed by atoms with Crippen LogP contribution in [0.15, 0.2) is 69.9 Å². The number of nitrogens with one attached hydrogen (secondary N) is 1. The lowest BCUT2D eigenvalue weighted by molar-refractivity contribution is -0.599. The molecule has 0 unspecified atom stereocenters. The number of nitrogens with zero attached hydrogens (tertiary/aromatic N) is 3. The number of amidine groups is 1. The molecule has 2 heterocycles. The fraction of sp³-hybridized carbons (Fsp3) is 0.0588. The minimum atomic E-state index is -0.173. The predicted molar refractivity (Wildman–Crippen MR) is 102 cm³/mol. The number of hydrogen-bond acceptors (Lipinski definition) is 5. The number of benzene rings is 1. The van der Waals surface area contributed by atoms with Crippen molar-refractivity contribution in [3.8, 4) is 5.82 Å². The van der Waals surface area contributed by atoms with Gasteiger partial charge in [-0.15, -0.1) is 0 Å². The first-order valence-corrected chi connectivity index (χ1v) is 8.65. The summed E-state index contributed by atoms with van der Waals surface area (Å²) in [5, 5.41) is 7.31. The number of rotatable bonds is 5. The van der Waals surface area contributed by atoms with E-state index in [0.29, 0.717) is 10.7 Å². The van der Waals surface area contributed by atoms with Crippen LogP contribution in [-0.4, -0.2) is 16.4 Å². The predicted octanol–water partition coefficient (Wildman–Crippen LogP) is 1.50. The van der Waals surface area contributed by atoms with E-state index in [0.717, 1.165) is 17.8 Å². The van der Waals surface area contributed by atoms with Gasteiger partial charge in [0.1, 0.15) is 4.88 Å². The monoisotopic (exact) mass is 369 g/mol. The molecule has 0 saturated carbocycles. The fourth-order valence-electron chi connectivity index (χ4n) is 2.31. The van der Waals surface area contributed by atoms with Crippen LogP contribution in [0.25, 0.3) is 5.82 Å². The normalized spacial score (nSPS) is 11.9. The first-order chi connectivity index (χ1) is 12.1. The van der Waals surface area contributed by atoms with Gasteiger partial charge >= 0.3 is 10.7 Å². The van der Waals surface area contributed by atoms with Crippen LogP contribution < -0.4 is 15.2 Å². The summed E-state index contributed by atoms with van der Waals surface area (Å²) in [6.45, 7) is 0. The molecule has 0 fully saturated rings. The molecule has 25 heavy (non-hydrogen) atoms. The van der Waals surface area contributed by atoms with Crippen molar-refractivity contribution in [2.75, 3.05) is 0 Å². The largest absolute Gasteiger partial charge is 0.741 e. The summed E-state index contributed by atoms with van der Waals surface area (Å²) in [5.41, 5.74) is 7.70. The molecule has 1 aromatic carbocycles.